The van der Waals surface area contributed by atoms with E-state index in [2.05, 4.69) is 0 Å². The maximum atomic E-state index is 12.5. The standard InChI is InChI=1S/C22H22O4/c1-24-20-13-15(9-10-19(20)26-21-8-4-5-11-25-21)12-17-14-16-6-2-3-7-18(16)22(17)23/h2-3,6-7,9-10,12-13,21H,4-5,8,11,14H2,1H3. The number of benzene rings is 2. The molecule has 4 heteroatoms. The number of allylic oxidation sites excluding steroid dienone is 1. The molecule has 2 aliphatic rings. The molecule has 0 radical (unpaired) electrons. The second-order valence-corrected chi connectivity index (χ2v) is 6.66. The van der Waals surface area contributed by atoms with Gasteiger partial charge in [0.1, 0.15) is 0 Å². The maximum absolute atomic E-state index is 12.5. The molecule has 1 heterocycles. The number of ketones is 1. The Bertz CT molecular complexity index is 847. The Morgan fingerprint density at radius 2 is 2.00 bits per heavy atom. The van der Waals surface area contributed by atoms with E-state index in [1.54, 1.807) is 7.11 Å². The molecule has 4 rings (SSSR count). The Balaban J connectivity index is 1.55. The minimum atomic E-state index is -0.215. The SMILES string of the molecule is COc1cc(C=C2Cc3ccccc3C2=O)ccc1OC1CCCCO1. The van der Waals surface area contributed by atoms with Crippen LogP contribution in [0.2, 0.25) is 0 Å². The fraction of sp³-hybridized carbons (Fsp3) is 0.318. The molecule has 1 aliphatic heterocycles. The largest absolute Gasteiger partial charge is 0.493 e. The van der Waals surface area contributed by atoms with Crippen LogP contribution in [0.1, 0.15) is 40.7 Å². The van der Waals surface area contributed by atoms with E-state index in [0.717, 1.165) is 48.1 Å². The van der Waals surface area contributed by atoms with Gasteiger partial charge in [-0.25, -0.2) is 0 Å². The van der Waals surface area contributed by atoms with Gasteiger partial charge in [-0.2, -0.15) is 0 Å². The molecule has 1 aliphatic carbocycles. The second kappa shape index (κ2) is 7.34. The lowest BCUT2D eigenvalue weighted by Gasteiger charge is -2.24. The zero-order valence-corrected chi connectivity index (χ0v) is 14.9. The molecule has 2 aromatic carbocycles. The van der Waals surface area contributed by atoms with E-state index < -0.39 is 0 Å². The van der Waals surface area contributed by atoms with Crippen molar-refractivity contribution >= 4 is 11.9 Å². The van der Waals surface area contributed by atoms with E-state index in [0.29, 0.717) is 17.9 Å². The van der Waals surface area contributed by atoms with Crippen LogP contribution in [-0.4, -0.2) is 25.8 Å². The lowest BCUT2D eigenvalue weighted by Crippen LogP contribution is -2.25. The number of hydrogen-bond acceptors (Lipinski definition) is 4. The summed E-state index contributed by atoms with van der Waals surface area (Å²) in [6.07, 6.45) is 5.48. The molecule has 134 valence electrons. The monoisotopic (exact) mass is 350 g/mol. The topological polar surface area (TPSA) is 44.8 Å². The summed E-state index contributed by atoms with van der Waals surface area (Å²) in [6.45, 7) is 0.736. The van der Waals surface area contributed by atoms with E-state index in [1.807, 2.05) is 48.5 Å². The van der Waals surface area contributed by atoms with Gasteiger partial charge < -0.3 is 14.2 Å². The molecule has 0 spiro atoms. The summed E-state index contributed by atoms with van der Waals surface area (Å²) in [5.41, 5.74) is 3.62. The summed E-state index contributed by atoms with van der Waals surface area (Å²) >= 11 is 0. The van der Waals surface area contributed by atoms with Crippen molar-refractivity contribution in [2.75, 3.05) is 13.7 Å². The van der Waals surface area contributed by atoms with Crippen LogP contribution in [0.25, 0.3) is 6.08 Å². The molecule has 26 heavy (non-hydrogen) atoms. The first-order chi connectivity index (χ1) is 12.7. The van der Waals surface area contributed by atoms with E-state index in [9.17, 15) is 4.79 Å². The number of Topliss-reactive ketones (excluding diaryl/α,β-unsaturated/α-hetero) is 1. The van der Waals surface area contributed by atoms with E-state index >= 15 is 0 Å². The Kier molecular flexibility index (Phi) is 4.76. The second-order valence-electron chi connectivity index (χ2n) is 6.66. The Hall–Kier alpha value is -2.59. The van der Waals surface area contributed by atoms with Crippen molar-refractivity contribution in [1.29, 1.82) is 0 Å². The third-order valence-electron chi connectivity index (χ3n) is 4.86. The van der Waals surface area contributed by atoms with E-state index in [4.69, 9.17) is 14.2 Å². The number of hydrogen-bond donors (Lipinski definition) is 0. The molecule has 1 unspecified atom stereocenters. The number of fused-ring (bicyclic) bond motifs is 1. The summed E-state index contributed by atoms with van der Waals surface area (Å²) in [6, 6.07) is 13.5. The third kappa shape index (κ3) is 3.37. The van der Waals surface area contributed by atoms with Gasteiger partial charge in [-0.1, -0.05) is 30.3 Å². The zero-order valence-electron chi connectivity index (χ0n) is 14.9. The average Bonchev–Trinajstić information content (AvgIpc) is 2.99. The van der Waals surface area contributed by atoms with Crippen LogP contribution in [0.4, 0.5) is 0 Å². The lowest BCUT2D eigenvalue weighted by atomic mass is 10.1. The van der Waals surface area contributed by atoms with Crippen LogP contribution >= 0.6 is 0 Å². The molecular weight excluding hydrogens is 328 g/mol. The van der Waals surface area contributed by atoms with Crippen molar-refractivity contribution in [2.45, 2.75) is 32.0 Å². The van der Waals surface area contributed by atoms with Crippen molar-refractivity contribution in [3.63, 3.8) is 0 Å². The first-order valence-electron chi connectivity index (χ1n) is 9.04. The Morgan fingerprint density at radius 1 is 1.12 bits per heavy atom. The fourth-order valence-electron chi connectivity index (χ4n) is 3.49. The van der Waals surface area contributed by atoms with Crippen LogP contribution < -0.4 is 9.47 Å². The first-order valence-corrected chi connectivity index (χ1v) is 9.04. The predicted molar refractivity (Wildman–Crippen MR) is 99.7 cm³/mol. The fourth-order valence-corrected chi connectivity index (χ4v) is 3.49. The van der Waals surface area contributed by atoms with Gasteiger partial charge in [0.2, 0.25) is 0 Å². The lowest BCUT2D eigenvalue weighted by molar-refractivity contribution is -0.106. The average molecular weight is 350 g/mol. The summed E-state index contributed by atoms with van der Waals surface area (Å²) in [5, 5.41) is 0. The molecule has 2 aromatic rings. The Labute approximate surface area is 153 Å². The third-order valence-corrected chi connectivity index (χ3v) is 4.86. The number of ether oxygens (including phenoxy) is 3. The van der Waals surface area contributed by atoms with Gasteiger partial charge in [0.25, 0.3) is 0 Å². The van der Waals surface area contributed by atoms with Crippen LogP contribution in [0.5, 0.6) is 11.5 Å². The molecule has 0 N–H and O–H groups in total. The maximum Gasteiger partial charge on any atom is 0.200 e. The number of methoxy groups -OCH3 is 1. The minimum Gasteiger partial charge on any atom is -0.493 e. The van der Waals surface area contributed by atoms with Crippen LogP contribution in [0, 0.1) is 0 Å². The highest BCUT2D eigenvalue weighted by Crippen LogP contribution is 2.33. The number of rotatable bonds is 4. The van der Waals surface area contributed by atoms with Crippen molar-refractivity contribution in [2.24, 2.45) is 0 Å². The van der Waals surface area contributed by atoms with Gasteiger partial charge in [0, 0.05) is 24.0 Å². The molecule has 1 atom stereocenters. The minimum absolute atomic E-state index is 0.107. The predicted octanol–water partition coefficient (Wildman–Crippen LogP) is 4.42. The molecule has 1 fully saturated rings. The molecule has 0 bridgehead atoms. The highest BCUT2D eigenvalue weighted by molar-refractivity contribution is 6.15. The Morgan fingerprint density at radius 3 is 2.77 bits per heavy atom. The zero-order chi connectivity index (χ0) is 17.9. The van der Waals surface area contributed by atoms with Gasteiger partial charge in [-0.3, -0.25) is 4.79 Å². The van der Waals surface area contributed by atoms with Gasteiger partial charge in [-0.15, -0.1) is 0 Å². The van der Waals surface area contributed by atoms with E-state index in [-0.39, 0.29) is 12.1 Å². The summed E-state index contributed by atoms with van der Waals surface area (Å²) < 4.78 is 17.1. The molecule has 0 amide bonds. The molecule has 0 aromatic heterocycles. The summed E-state index contributed by atoms with van der Waals surface area (Å²) in [7, 11) is 1.62. The van der Waals surface area contributed by atoms with Crippen LogP contribution in [-0.2, 0) is 11.2 Å². The van der Waals surface area contributed by atoms with Crippen LogP contribution in [0.15, 0.2) is 48.0 Å². The van der Waals surface area contributed by atoms with Gasteiger partial charge in [0.15, 0.2) is 23.6 Å². The highest BCUT2D eigenvalue weighted by atomic mass is 16.7. The van der Waals surface area contributed by atoms with Gasteiger partial charge in [0.05, 0.1) is 13.7 Å². The first kappa shape index (κ1) is 16.9. The van der Waals surface area contributed by atoms with Crippen LogP contribution in [0.3, 0.4) is 0 Å². The van der Waals surface area contributed by atoms with E-state index in [1.165, 1.54) is 0 Å². The summed E-state index contributed by atoms with van der Waals surface area (Å²) in [4.78, 5) is 12.5. The van der Waals surface area contributed by atoms with Crippen molar-refractivity contribution in [3.8, 4) is 11.5 Å². The van der Waals surface area contributed by atoms with Gasteiger partial charge in [-0.05, 0) is 42.2 Å². The van der Waals surface area contributed by atoms with Crippen molar-refractivity contribution in [3.05, 3.63) is 64.7 Å². The van der Waals surface area contributed by atoms with Crippen molar-refractivity contribution in [1.82, 2.24) is 0 Å². The van der Waals surface area contributed by atoms with Gasteiger partial charge >= 0.3 is 0 Å². The summed E-state index contributed by atoms with van der Waals surface area (Å²) in [5.74, 6) is 1.43. The number of carbonyl (C=O) groups is 1. The molecule has 0 saturated carbocycles. The molecule has 4 nitrogen and oxygen atoms in total. The quantitative estimate of drug-likeness (QED) is 0.766. The normalized spacial score (nSPS) is 20.9. The smallest absolute Gasteiger partial charge is 0.200 e. The molecular formula is C22H22O4. The van der Waals surface area contributed by atoms with Crippen molar-refractivity contribution < 1.29 is 19.0 Å². The molecule has 1 saturated heterocycles. The number of carbonyl (C=O) groups excluding carboxylic acids is 1. The highest BCUT2D eigenvalue weighted by Gasteiger charge is 2.24.